The third-order valence-electron chi connectivity index (χ3n) is 4.13. The highest BCUT2D eigenvalue weighted by molar-refractivity contribution is 7.89. The predicted octanol–water partition coefficient (Wildman–Crippen LogP) is 3.89. The van der Waals surface area contributed by atoms with Gasteiger partial charge in [0.25, 0.3) is 0 Å². The first-order valence-electron chi connectivity index (χ1n) is 8.55. The number of sulfonamides is 1. The summed E-state index contributed by atoms with van der Waals surface area (Å²) < 4.78 is 26.9. The quantitative estimate of drug-likeness (QED) is 0.546. The van der Waals surface area contributed by atoms with Crippen molar-refractivity contribution in [3.8, 4) is 0 Å². The summed E-state index contributed by atoms with van der Waals surface area (Å²) in [5, 5.41) is 0. The van der Waals surface area contributed by atoms with Gasteiger partial charge in [-0.05, 0) is 50.8 Å². The Balaban J connectivity index is 1.69. The zero-order valence-corrected chi connectivity index (χ0v) is 15.6. The maximum Gasteiger partial charge on any atom is 0.240 e. The van der Waals surface area contributed by atoms with E-state index in [4.69, 9.17) is 0 Å². The van der Waals surface area contributed by atoms with Crippen LogP contribution in [-0.2, 0) is 16.4 Å². The molecule has 4 nitrogen and oxygen atoms in total. The average molecular weight is 359 g/mol. The van der Waals surface area contributed by atoms with Gasteiger partial charge < -0.3 is 0 Å². The van der Waals surface area contributed by atoms with Gasteiger partial charge in [-0.25, -0.2) is 13.1 Å². The third kappa shape index (κ3) is 6.11. The molecule has 0 bridgehead atoms. The van der Waals surface area contributed by atoms with Crippen molar-refractivity contribution in [1.82, 2.24) is 4.72 Å². The molecule has 0 aromatic heterocycles. The molecule has 5 heteroatoms. The first-order valence-corrected chi connectivity index (χ1v) is 10.0. The van der Waals surface area contributed by atoms with Crippen molar-refractivity contribution in [3.63, 3.8) is 0 Å². The number of nitrogens with one attached hydrogen (secondary N) is 1. The van der Waals surface area contributed by atoms with Gasteiger partial charge in [0.05, 0.1) is 4.90 Å². The topological polar surface area (TPSA) is 63.2 Å². The molecule has 0 aliphatic carbocycles. The van der Waals surface area contributed by atoms with Crippen molar-refractivity contribution >= 4 is 15.8 Å². The molecule has 0 atom stereocenters. The second-order valence-corrected chi connectivity index (χ2v) is 8.04. The fraction of sp³-hybridized carbons (Fsp3) is 0.350. The molecule has 1 N–H and O–H groups in total. The molecule has 0 amide bonds. The van der Waals surface area contributed by atoms with Gasteiger partial charge in [0.15, 0.2) is 5.78 Å². The zero-order valence-electron chi connectivity index (χ0n) is 14.8. The normalized spacial score (nSPS) is 11.4. The van der Waals surface area contributed by atoms with Gasteiger partial charge in [0.1, 0.15) is 0 Å². The lowest BCUT2D eigenvalue weighted by Gasteiger charge is -2.07. The summed E-state index contributed by atoms with van der Waals surface area (Å²) in [6, 6.07) is 14.5. The second kappa shape index (κ2) is 8.92. The molecule has 0 aliphatic heterocycles. The van der Waals surface area contributed by atoms with Crippen LogP contribution in [0.1, 0.15) is 47.7 Å². The lowest BCUT2D eigenvalue weighted by Crippen LogP contribution is -2.24. The van der Waals surface area contributed by atoms with E-state index in [-0.39, 0.29) is 5.78 Å². The lowest BCUT2D eigenvalue weighted by atomic mass is 10.0. The summed E-state index contributed by atoms with van der Waals surface area (Å²) in [4.78, 5) is 11.5. The van der Waals surface area contributed by atoms with E-state index >= 15 is 0 Å². The van der Waals surface area contributed by atoms with Gasteiger partial charge in [-0.1, -0.05) is 48.4 Å². The molecule has 25 heavy (non-hydrogen) atoms. The maximum absolute atomic E-state index is 12.1. The number of aryl methyl sites for hydroxylation is 2. The fourth-order valence-electron chi connectivity index (χ4n) is 2.54. The smallest absolute Gasteiger partial charge is 0.240 e. The highest BCUT2D eigenvalue weighted by Gasteiger charge is 2.12. The van der Waals surface area contributed by atoms with E-state index in [1.54, 1.807) is 31.2 Å². The number of benzene rings is 2. The minimum Gasteiger partial charge on any atom is -0.295 e. The number of carbonyl (C=O) groups excluding carboxylic acids is 1. The van der Waals surface area contributed by atoms with Gasteiger partial charge in [0, 0.05) is 12.1 Å². The Hall–Kier alpha value is -1.98. The monoisotopic (exact) mass is 359 g/mol. The van der Waals surface area contributed by atoms with Crippen LogP contribution in [0.25, 0.3) is 0 Å². The Kier molecular flexibility index (Phi) is 6.91. The number of carbonyl (C=O) groups is 1. The molecular weight excluding hydrogens is 334 g/mol. The zero-order chi connectivity index (χ0) is 18.3. The highest BCUT2D eigenvalue weighted by Crippen LogP contribution is 2.11. The van der Waals surface area contributed by atoms with Crippen molar-refractivity contribution in [2.45, 2.75) is 44.4 Å². The summed E-state index contributed by atoms with van der Waals surface area (Å²) in [5.74, 6) is 0.0763. The molecule has 0 spiro atoms. The van der Waals surface area contributed by atoms with Crippen LogP contribution in [0.2, 0.25) is 0 Å². The molecule has 0 heterocycles. The Morgan fingerprint density at radius 2 is 1.56 bits per heavy atom. The SMILES string of the molecule is CC(=O)c1ccc(CCCCCNS(=O)(=O)c2ccc(C)cc2)cc1. The van der Waals surface area contributed by atoms with Gasteiger partial charge in [-0.2, -0.15) is 0 Å². The van der Waals surface area contributed by atoms with Crippen molar-refractivity contribution in [3.05, 3.63) is 65.2 Å². The van der Waals surface area contributed by atoms with Crippen LogP contribution in [0.3, 0.4) is 0 Å². The van der Waals surface area contributed by atoms with E-state index in [1.807, 2.05) is 31.2 Å². The standard InChI is InChI=1S/C20H25NO3S/c1-16-7-13-20(14-8-16)25(23,24)21-15-5-3-4-6-18-9-11-19(12-10-18)17(2)22/h7-14,21H,3-6,15H2,1-2H3. The Bertz CT molecular complexity index is 794. The molecular formula is C20H25NO3S. The molecule has 2 aromatic carbocycles. The Morgan fingerprint density at radius 3 is 2.16 bits per heavy atom. The van der Waals surface area contributed by atoms with Crippen LogP contribution in [0.15, 0.2) is 53.4 Å². The van der Waals surface area contributed by atoms with E-state index in [9.17, 15) is 13.2 Å². The van der Waals surface area contributed by atoms with Gasteiger partial charge in [-0.15, -0.1) is 0 Å². The lowest BCUT2D eigenvalue weighted by molar-refractivity contribution is 0.101. The number of hydrogen-bond acceptors (Lipinski definition) is 3. The molecule has 2 rings (SSSR count). The molecule has 0 radical (unpaired) electrons. The molecule has 0 unspecified atom stereocenters. The minimum absolute atomic E-state index is 0.0763. The molecule has 0 saturated carbocycles. The van der Waals surface area contributed by atoms with Crippen LogP contribution < -0.4 is 4.72 Å². The van der Waals surface area contributed by atoms with Crippen molar-refractivity contribution < 1.29 is 13.2 Å². The summed E-state index contributed by atoms with van der Waals surface area (Å²) in [5.41, 5.74) is 2.97. The van der Waals surface area contributed by atoms with Gasteiger partial charge >= 0.3 is 0 Å². The number of rotatable bonds is 9. The largest absolute Gasteiger partial charge is 0.295 e. The van der Waals surface area contributed by atoms with Gasteiger partial charge in [-0.3, -0.25) is 4.79 Å². The van der Waals surface area contributed by atoms with E-state index in [0.29, 0.717) is 11.4 Å². The highest BCUT2D eigenvalue weighted by atomic mass is 32.2. The number of unbranched alkanes of at least 4 members (excludes halogenated alkanes) is 2. The molecule has 0 saturated heterocycles. The van der Waals surface area contributed by atoms with Crippen LogP contribution in [0.5, 0.6) is 0 Å². The molecule has 2 aromatic rings. The molecule has 0 aliphatic rings. The summed E-state index contributed by atoms with van der Waals surface area (Å²) in [6.07, 6.45) is 3.68. The van der Waals surface area contributed by atoms with E-state index in [1.165, 1.54) is 5.56 Å². The fourth-order valence-corrected chi connectivity index (χ4v) is 3.62. The average Bonchev–Trinajstić information content (AvgIpc) is 2.58. The second-order valence-electron chi connectivity index (χ2n) is 6.27. The van der Waals surface area contributed by atoms with Crippen LogP contribution >= 0.6 is 0 Å². The van der Waals surface area contributed by atoms with Crippen LogP contribution in [0.4, 0.5) is 0 Å². The minimum atomic E-state index is -3.41. The molecule has 134 valence electrons. The number of hydrogen-bond donors (Lipinski definition) is 1. The predicted molar refractivity (Wildman–Crippen MR) is 100 cm³/mol. The van der Waals surface area contributed by atoms with Crippen LogP contribution in [0, 0.1) is 6.92 Å². The third-order valence-corrected chi connectivity index (χ3v) is 5.60. The molecule has 0 fully saturated rings. The summed E-state index contributed by atoms with van der Waals surface area (Å²) >= 11 is 0. The van der Waals surface area contributed by atoms with Crippen molar-refractivity contribution in [2.24, 2.45) is 0 Å². The number of Topliss-reactive ketones (excluding diaryl/α,β-unsaturated/α-hetero) is 1. The Labute approximate surface area is 150 Å². The van der Waals surface area contributed by atoms with E-state index < -0.39 is 10.0 Å². The van der Waals surface area contributed by atoms with Crippen molar-refractivity contribution in [2.75, 3.05) is 6.54 Å². The summed E-state index contributed by atoms with van der Waals surface area (Å²) in [6.45, 7) is 3.93. The van der Waals surface area contributed by atoms with E-state index in [0.717, 1.165) is 36.8 Å². The van der Waals surface area contributed by atoms with E-state index in [2.05, 4.69) is 4.72 Å². The number of ketones is 1. The maximum atomic E-state index is 12.1. The van der Waals surface area contributed by atoms with Crippen LogP contribution in [-0.4, -0.2) is 20.7 Å². The summed E-state index contributed by atoms with van der Waals surface area (Å²) in [7, 11) is -3.41. The first kappa shape index (κ1) is 19.3. The van der Waals surface area contributed by atoms with Gasteiger partial charge in [0.2, 0.25) is 10.0 Å². The van der Waals surface area contributed by atoms with Crippen molar-refractivity contribution in [1.29, 1.82) is 0 Å². The Morgan fingerprint density at radius 1 is 0.920 bits per heavy atom. The first-order chi connectivity index (χ1) is 11.9.